The van der Waals surface area contributed by atoms with Gasteiger partial charge in [0.05, 0.1) is 24.2 Å². The highest BCUT2D eigenvalue weighted by Crippen LogP contribution is 2.29. The Bertz CT molecular complexity index is 1780. The number of anilines is 2. The first-order valence-electron chi connectivity index (χ1n) is 14.7. The largest absolute Gasteiger partial charge is 0.493 e. The summed E-state index contributed by atoms with van der Waals surface area (Å²) in [6.45, 7) is 1.68. The predicted molar refractivity (Wildman–Crippen MR) is 176 cm³/mol. The first-order chi connectivity index (χ1) is 22.5. The van der Waals surface area contributed by atoms with E-state index in [1.165, 1.54) is 12.1 Å². The van der Waals surface area contributed by atoms with Gasteiger partial charge in [-0.2, -0.15) is 0 Å². The van der Waals surface area contributed by atoms with Crippen molar-refractivity contribution in [3.05, 3.63) is 84.2 Å². The van der Waals surface area contributed by atoms with Crippen LogP contribution in [0.2, 0.25) is 0 Å². The van der Waals surface area contributed by atoms with E-state index in [2.05, 4.69) is 31.5 Å². The number of terminal acetylenes is 1. The summed E-state index contributed by atoms with van der Waals surface area (Å²) in [5.74, 6) is 2.85. The van der Waals surface area contributed by atoms with Crippen molar-refractivity contribution in [1.29, 1.82) is 0 Å². The van der Waals surface area contributed by atoms with E-state index in [1.807, 2.05) is 48.5 Å². The zero-order valence-corrected chi connectivity index (χ0v) is 25.0. The number of hydrogen-bond donors (Lipinski definition) is 4. The van der Waals surface area contributed by atoms with Crippen LogP contribution in [-0.2, 0) is 0 Å². The summed E-state index contributed by atoms with van der Waals surface area (Å²) < 4.78 is 17.4. The van der Waals surface area contributed by atoms with Crippen molar-refractivity contribution in [3.63, 3.8) is 0 Å². The monoisotopic (exact) mass is 619 g/mol. The number of hydrogen-bond acceptors (Lipinski definition) is 10. The van der Waals surface area contributed by atoms with Gasteiger partial charge in [0.1, 0.15) is 46.9 Å². The minimum atomic E-state index is -0.629. The zero-order valence-electron chi connectivity index (χ0n) is 25.0. The Morgan fingerprint density at radius 2 is 1.17 bits per heavy atom. The molecule has 5 aromatic rings. The molecule has 0 radical (unpaired) electrons. The van der Waals surface area contributed by atoms with Gasteiger partial charge in [-0.15, -0.1) is 6.42 Å². The number of benzene rings is 2. The number of aromatic nitrogens is 3. The predicted octanol–water partition coefficient (Wildman–Crippen LogP) is 4.15. The highest BCUT2D eigenvalue weighted by Gasteiger charge is 2.19. The number of carbonyl (C=O) groups is 2. The Morgan fingerprint density at radius 3 is 1.63 bits per heavy atom. The second-order valence-electron chi connectivity index (χ2n) is 10.0. The highest BCUT2D eigenvalue weighted by molar-refractivity contribution is 6.07. The molecule has 2 amide bonds. The molecule has 12 heteroatoms. The first kappa shape index (κ1) is 31.6. The van der Waals surface area contributed by atoms with E-state index in [1.54, 1.807) is 12.1 Å². The van der Waals surface area contributed by atoms with E-state index in [-0.39, 0.29) is 35.4 Å². The van der Waals surface area contributed by atoms with Gasteiger partial charge in [-0.05, 0) is 50.2 Å². The molecule has 0 aliphatic carbocycles. The average Bonchev–Trinajstić information content (AvgIpc) is 3.07. The van der Waals surface area contributed by atoms with Crippen molar-refractivity contribution in [2.45, 2.75) is 12.8 Å². The lowest BCUT2D eigenvalue weighted by atomic mass is 10.2. The molecule has 0 atom stereocenters. The van der Waals surface area contributed by atoms with Gasteiger partial charge in [-0.25, -0.2) is 15.0 Å². The quantitative estimate of drug-likeness (QED) is 0.104. The second kappa shape index (κ2) is 15.3. The smallest absolute Gasteiger partial charge is 0.275 e. The van der Waals surface area contributed by atoms with Crippen LogP contribution in [0.4, 0.5) is 11.6 Å². The number of pyridine rings is 3. The summed E-state index contributed by atoms with van der Waals surface area (Å²) in [4.78, 5) is 40.3. The average molecular weight is 620 g/mol. The standard InChI is InChI=1S/C34H33N7O5/c1-2-15-44-22-18-27(33(42)40-31-20-29(45-16-7-13-35)23-9-3-5-11-25(23)38-31)37-28(19-22)34(43)41-32-21-30(46-17-8-14-36)24-10-4-6-12-26(24)39-32/h1,3-6,9-12,18-21H,7-8,13-17,35-36H2,(H,38,40,42)(H,39,41,43). The van der Waals surface area contributed by atoms with Crippen LogP contribution in [0.5, 0.6) is 17.2 Å². The van der Waals surface area contributed by atoms with Gasteiger partial charge in [-0.3, -0.25) is 9.59 Å². The zero-order chi connectivity index (χ0) is 32.3. The number of nitrogens with two attached hydrogens (primary N) is 2. The number of ether oxygens (including phenoxy) is 3. The van der Waals surface area contributed by atoms with Gasteiger partial charge in [-0.1, -0.05) is 30.2 Å². The molecule has 0 fully saturated rings. The summed E-state index contributed by atoms with van der Waals surface area (Å²) in [6, 6.07) is 20.8. The number of para-hydroxylation sites is 2. The van der Waals surface area contributed by atoms with Crippen LogP contribution >= 0.6 is 0 Å². The third-order valence-electron chi connectivity index (χ3n) is 6.64. The molecule has 3 aromatic heterocycles. The molecule has 0 saturated carbocycles. The summed E-state index contributed by atoms with van der Waals surface area (Å²) in [6.07, 6.45) is 6.70. The minimum absolute atomic E-state index is 0.0857. The van der Waals surface area contributed by atoms with E-state index >= 15 is 0 Å². The normalized spacial score (nSPS) is 10.7. The summed E-state index contributed by atoms with van der Waals surface area (Å²) in [5.41, 5.74) is 12.3. The van der Waals surface area contributed by atoms with Crippen LogP contribution < -0.4 is 36.3 Å². The van der Waals surface area contributed by atoms with E-state index in [9.17, 15) is 9.59 Å². The maximum Gasteiger partial charge on any atom is 0.275 e. The summed E-state index contributed by atoms with van der Waals surface area (Å²) in [5, 5.41) is 7.07. The number of fused-ring (bicyclic) bond motifs is 2. The summed E-state index contributed by atoms with van der Waals surface area (Å²) >= 11 is 0. The Morgan fingerprint density at radius 1 is 0.696 bits per heavy atom. The molecule has 12 nitrogen and oxygen atoms in total. The van der Waals surface area contributed by atoms with Crippen molar-refractivity contribution in [2.24, 2.45) is 11.5 Å². The molecule has 0 saturated heterocycles. The van der Waals surface area contributed by atoms with Crippen LogP contribution in [0.1, 0.15) is 33.8 Å². The van der Waals surface area contributed by atoms with Gasteiger partial charge in [0, 0.05) is 35.0 Å². The van der Waals surface area contributed by atoms with Gasteiger partial charge in [0.15, 0.2) is 0 Å². The topological polar surface area (TPSA) is 177 Å². The molecule has 0 unspecified atom stereocenters. The van der Waals surface area contributed by atoms with Gasteiger partial charge in [0.2, 0.25) is 0 Å². The van der Waals surface area contributed by atoms with Crippen LogP contribution in [-0.4, -0.2) is 59.7 Å². The number of rotatable bonds is 14. The molecular formula is C34H33N7O5. The Labute approximate surface area is 265 Å². The molecular weight excluding hydrogens is 586 g/mol. The third-order valence-corrected chi connectivity index (χ3v) is 6.64. The highest BCUT2D eigenvalue weighted by atomic mass is 16.5. The third kappa shape index (κ3) is 7.84. The van der Waals surface area contributed by atoms with Crippen molar-refractivity contribution in [1.82, 2.24) is 15.0 Å². The number of nitrogens with one attached hydrogen (secondary N) is 2. The molecule has 46 heavy (non-hydrogen) atoms. The molecule has 234 valence electrons. The van der Waals surface area contributed by atoms with Crippen molar-refractivity contribution in [2.75, 3.05) is 43.5 Å². The maximum absolute atomic E-state index is 13.5. The molecule has 5 rings (SSSR count). The maximum atomic E-state index is 13.5. The molecule has 0 aliphatic heterocycles. The fourth-order valence-electron chi connectivity index (χ4n) is 4.49. The van der Waals surface area contributed by atoms with Crippen LogP contribution in [0, 0.1) is 12.3 Å². The minimum Gasteiger partial charge on any atom is -0.493 e. The van der Waals surface area contributed by atoms with E-state index < -0.39 is 11.8 Å². The number of nitrogens with zero attached hydrogens (tertiary/aromatic N) is 3. The van der Waals surface area contributed by atoms with Gasteiger partial charge < -0.3 is 36.3 Å². The second-order valence-corrected chi connectivity index (χ2v) is 10.0. The first-order valence-corrected chi connectivity index (χ1v) is 14.7. The van der Waals surface area contributed by atoms with Crippen LogP contribution in [0.3, 0.4) is 0 Å². The lowest BCUT2D eigenvalue weighted by Crippen LogP contribution is -2.20. The van der Waals surface area contributed by atoms with E-state index in [0.29, 0.717) is 61.7 Å². The molecule has 0 bridgehead atoms. The van der Waals surface area contributed by atoms with E-state index in [4.69, 9.17) is 32.1 Å². The fourth-order valence-corrected chi connectivity index (χ4v) is 4.49. The number of carbonyl (C=O) groups excluding carboxylic acids is 2. The lowest BCUT2D eigenvalue weighted by molar-refractivity contribution is 0.101. The fraction of sp³-hybridized carbons (Fsp3) is 0.206. The van der Waals surface area contributed by atoms with Crippen LogP contribution in [0.15, 0.2) is 72.8 Å². The Hall–Kier alpha value is -5.77. The summed E-state index contributed by atoms with van der Waals surface area (Å²) in [7, 11) is 0. The van der Waals surface area contributed by atoms with Crippen molar-refractivity contribution >= 4 is 45.3 Å². The molecule has 3 heterocycles. The van der Waals surface area contributed by atoms with Gasteiger partial charge in [0.25, 0.3) is 11.8 Å². The molecule has 2 aromatic carbocycles. The SMILES string of the molecule is C#CCOc1cc(C(=O)Nc2cc(OCCCN)c3ccccc3n2)nc(C(=O)Nc2cc(OCCCN)c3ccccc3n2)c1. The lowest BCUT2D eigenvalue weighted by Gasteiger charge is -2.13. The molecule has 0 spiro atoms. The van der Waals surface area contributed by atoms with Crippen molar-refractivity contribution in [3.8, 4) is 29.6 Å². The Kier molecular flexibility index (Phi) is 10.5. The number of amides is 2. The van der Waals surface area contributed by atoms with Gasteiger partial charge >= 0.3 is 0 Å². The van der Waals surface area contributed by atoms with Crippen LogP contribution in [0.25, 0.3) is 21.8 Å². The Balaban J connectivity index is 1.42. The van der Waals surface area contributed by atoms with E-state index in [0.717, 1.165) is 10.8 Å². The molecule has 0 aliphatic rings. The molecule has 6 N–H and O–H groups in total. The van der Waals surface area contributed by atoms with Crippen molar-refractivity contribution < 1.29 is 23.8 Å².